The van der Waals surface area contributed by atoms with E-state index in [4.69, 9.17) is 27.9 Å². The first-order valence-electron chi connectivity index (χ1n) is 9.44. The van der Waals surface area contributed by atoms with Gasteiger partial charge in [0.05, 0.1) is 12.3 Å². The molecule has 1 aliphatic rings. The summed E-state index contributed by atoms with van der Waals surface area (Å²) in [5.41, 5.74) is 2.68. The molecule has 0 unspecified atom stereocenters. The van der Waals surface area contributed by atoms with Crippen molar-refractivity contribution in [3.63, 3.8) is 0 Å². The second-order valence-electron chi connectivity index (χ2n) is 6.59. The molecule has 1 amide bonds. The van der Waals surface area contributed by atoms with Crippen molar-refractivity contribution in [2.75, 3.05) is 11.5 Å². The fourth-order valence-electron chi connectivity index (χ4n) is 3.12. The number of carbonyl (C=O) groups excluding carboxylic acids is 1. The van der Waals surface area contributed by atoms with Crippen LogP contribution in [0.2, 0.25) is 10.0 Å². The first-order chi connectivity index (χ1) is 14.5. The van der Waals surface area contributed by atoms with Crippen molar-refractivity contribution in [1.82, 2.24) is 0 Å². The van der Waals surface area contributed by atoms with E-state index in [0.717, 1.165) is 16.9 Å². The number of ether oxygens (including phenoxy) is 1. The minimum Gasteiger partial charge on any atom is -0.494 e. The number of nitrogens with zero attached hydrogens (tertiary/aromatic N) is 2. The highest BCUT2D eigenvalue weighted by atomic mass is 35.5. The normalized spacial score (nSPS) is 14.9. The minimum absolute atomic E-state index is 0.209. The fourth-order valence-corrected chi connectivity index (χ4v) is 3.38. The van der Waals surface area contributed by atoms with Crippen LogP contribution in [0.15, 0.2) is 83.5 Å². The van der Waals surface area contributed by atoms with E-state index in [0.29, 0.717) is 33.9 Å². The summed E-state index contributed by atoms with van der Waals surface area (Å²) >= 11 is 12.0. The second kappa shape index (κ2) is 8.74. The molecule has 0 bridgehead atoms. The number of anilines is 1. The Bertz CT molecular complexity index is 1120. The van der Waals surface area contributed by atoms with Crippen LogP contribution < -0.4 is 9.64 Å². The summed E-state index contributed by atoms with van der Waals surface area (Å²) in [5.74, 6) is 1.08. The minimum atomic E-state index is -0.209. The second-order valence-corrected chi connectivity index (χ2v) is 7.46. The highest BCUT2D eigenvalue weighted by molar-refractivity contribution is 6.34. The van der Waals surface area contributed by atoms with E-state index < -0.39 is 0 Å². The Morgan fingerprint density at radius 2 is 1.50 bits per heavy atom. The van der Waals surface area contributed by atoms with Crippen LogP contribution in [0, 0.1) is 0 Å². The number of amidine groups is 1. The summed E-state index contributed by atoms with van der Waals surface area (Å²) in [6, 6.07) is 21.9. The molecule has 30 heavy (non-hydrogen) atoms. The zero-order valence-electron chi connectivity index (χ0n) is 16.2. The molecule has 3 aromatic carbocycles. The van der Waals surface area contributed by atoms with Crippen LogP contribution in [-0.4, -0.2) is 18.3 Å². The molecule has 4 rings (SSSR count). The maximum atomic E-state index is 13.3. The van der Waals surface area contributed by atoms with Gasteiger partial charge in [0.2, 0.25) is 0 Å². The zero-order valence-corrected chi connectivity index (χ0v) is 17.7. The lowest BCUT2D eigenvalue weighted by Gasteiger charge is -2.19. The first kappa shape index (κ1) is 20.2. The number of halogens is 2. The van der Waals surface area contributed by atoms with E-state index in [1.54, 1.807) is 35.2 Å². The Morgan fingerprint density at radius 1 is 0.900 bits per heavy atom. The van der Waals surface area contributed by atoms with Gasteiger partial charge in [-0.05, 0) is 79.2 Å². The van der Waals surface area contributed by atoms with Crippen LogP contribution in [0.25, 0.3) is 6.08 Å². The molecule has 0 N–H and O–H groups in total. The molecule has 6 heteroatoms. The summed E-state index contributed by atoms with van der Waals surface area (Å²) in [6.45, 7) is 2.50. The smallest absolute Gasteiger partial charge is 0.282 e. The molecule has 1 aliphatic heterocycles. The average molecular weight is 437 g/mol. The van der Waals surface area contributed by atoms with Crippen LogP contribution in [0.5, 0.6) is 5.75 Å². The summed E-state index contributed by atoms with van der Waals surface area (Å²) in [6.07, 6.45) is 1.75. The molecular formula is C24H18Cl2N2O2. The monoisotopic (exact) mass is 436 g/mol. The van der Waals surface area contributed by atoms with Crippen LogP contribution >= 0.6 is 23.2 Å². The lowest BCUT2D eigenvalue weighted by Crippen LogP contribution is -2.32. The van der Waals surface area contributed by atoms with Crippen molar-refractivity contribution in [3.05, 3.63) is 99.7 Å². The van der Waals surface area contributed by atoms with Gasteiger partial charge in [0.1, 0.15) is 17.3 Å². The van der Waals surface area contributed by atoms with E-state index in [1.165, 1.54) is 0 Å². The largest absolute Gasteiger partial charge is 0.494 e. The van der Waals surface area contributed by atoms with Gasteiger partial charge in [0, 0.05) is 15.6 Å². The molecule has 0 radical (unpaired) electrons. The van der Waals surface area contributed by atoms with Crippen molar-refractivity contribution >= 4 is 46.7 Å². The molecule has 3 aromatic rings. The highest BCUT2D eigenvalue weighted by Crippen LogP contribution is 2.29. The molecule has 1 heterocycles. The number of carbonyl (C=O) groups is 1. The van der Waals surface area contributed by atoms with Crippen molar-refractivity contribution in [3.8, 4) is 5.75 Å². The molecule has 0 saturated heterocycles. The molecular weight excluding hydrogens is 419 g/mol. The van der Waals surface area contributed by atoms with Gasteiger partial charge in [0.25, 0.3) is 5.91 Å². The predicted molar refractivity (Wildman–Crippen MR) is 123 cm³/mol. The highest BCUT2D eigenvalue weighted by Gasteiger charge is 2.32. The molecule has 0 spiro atoms. The van der Waals surface area contributed by atoms with E-state index >= 15 is 0 Å². The fraction of sp³-hybridized carbons (Fsp3) is 0.0833. The van der Waals surface area contributed by atoms with Crippen molar-refractivity contribution in [2.24, 2.45) is 4.99 Å². The Morgan fingerprint density at radius 3 is 2.10 bits per heavy atom. The maximum absolute atomic E-state index is 13.3. The molecule has 0 aliphatic carbocycles. The van der Waals surface area contributed by atoms with Gasteiger partial charge < -0.3 is 4.74 Å². The lowest BCUT2D eigenvalue weighted by molar-refractivity contribution is -0.113. The third kappa shape index (κ3) is 4.25. The van der Waals surface area contributed by atoms with Gasteiger partial charge in [-0.15, -0.1) is 0 Å². The van der Waals surface area contributed by atoms with Crippen molar-refractivity contribution in [2.45, 2.75) is 6.92 Å². The van der Waals surface area contributed by atoms with Crippen molar-refractivity contribution in [1.29, 1.82) is 0 Å². The number of aliphatic imine (C=N–C) groups is 1. The summed E-state index contributed by atoms with van der Waals surface area (Å²) < 4.78 is 5.51. The van der Waals surface area contributed by atoms with Gasteiger partial charge in [-0.2, -0.15) is 0 Å². The Balaban J connectivity index is 1.76. The summed E-state index contributed by atoms with van der Waals surface area (Å²) in [4.78, 5) is 19.5. The van der Waals surface area contributed by atoms with Gasteiger partial charge in [-0.25, -0.2) is 4.99 Å². The van der Waals surface area contributed by atoms with Gasteiger partial charge >= 0.3 is 0 Å². The third-order valence-electron chi connectivity index (χ3n) is 4.54. The topological polar surface area (TPSA) is 41.9 Å². The van der Waals surface area contributed by atoms with E-state index in [-0.39, 0.29) is 5.91 Å². The molecule has 150 valence electrons. The predicted octanol–water partition coefficient (Wildman–Crippen LogP) is 6.23. The summed E-state index contributed by atoms with van der Waals surface area (Å²) in [5, 5.41) is 1.25. The molecule has 0 saturated carbocycles. The van der Waals surface area contributed by atoms with Crippen molar-refractivity contribution < 1.29 is 9.53 Å². The summed E-state index contributed by atoms with van der Waals surface area (Å²) in [7, 11) is 0. The Kier molecular flexibility index (Phi) is 5.88. The molecule has 0 aromatic heterocycles. The maximum Gasteiger partial charge on any atom is 0.282 e. The van der Waals surface area contributed by atoms with E-state index in [2.05, 4.69) is 4.99 Å². The van der Waals surface area contributed by atoms with Gasteiger partial charge in [-0.1, -0.05) is 35.3 Å². The SMILES string of the molecule is CCOc1ccc(N2C(=O)/C(=C\c3ccc(Cl)cc3)N=C2c2ccc(Cl)cc2)cc1. The standard InChI is InChI=1S/C24H18Cl2N2O2/c1-2-30-21-13-11-20(12-14-21)28-23(17-5-9-19(26)10-6-17)27-22(24(28)29)15-16-3-7-18(25)8-4-16/h3-15H,2H2,1H3/b22-15+. The van der Waals surface area contributed by atoms with E-state index in [1.807, 2.05) is 55.5 Å². The number of amides is 1. The molecule has 0 atom stereocenters. The lowest BCUT2D eigenvalue weighted by atomic mass is 10.1. The zero-order chi connectivity index (χ0) is 21.1. The average Bonchev–Trinajstić information content (AvgIpc) is 3.07. The van der Waals surface area contributed by atoms with Crippen LogP contribution in [0.4, 0.5) is 5.69 Å². The quantitative estimate of drug-likeness (QED) is 0.445. The number of hydrogen-bond acceptors (Lipinski definition) is 3. The number of benzene rings is 3. The Labute approximate surface area is 185 Å². The molecule has 0 fully saturated rings. The van der Waals surface area contributed by atoms with Crippen LogP contribution in [0.3, 0.4) is 0 Å². The third-order valence-corrected chi connectivity index (χ3v) is 5.05. The molecule has 4 nitrogen and oxygen atoms in total. The number of hydrogen-bond donors (Lipinski definition) is 0. The van der Waals surface area contributed by atoms with Gasteiger partial charge in [-0.3, -0.25) is 9.69 Å². The van der Waals surface area contributed by atoms with Crippen LogP contribution in [0.1, 0.15) is 18.1 Å². The Hall–Kier alpha value is -3.08. The van der Waals surface area contributed by atoms with Crippen LogP contribution in [-0.2, 0) is 4.79 Å². The van der Waals surface area contributed by atoms with E-state index in [9.17, 15) is 4.79 Å². The number of rotatable bonds is 5. The van der Waals surface area contributed by atoms with Gasteiger partial charge in [0.15, 0.2) is 0 Å². The first-order valence-corrected chi connectivity index (χ1v) is 10.2.